The van der Waals surface area contributed by atoms with Crippen molar-refractivity contribution in [2.24, 2.45) is 11.8 Å². The van der Waals surface area contributed by atoms with E-state index in [1.165, 1.54) is 11.3 Å². The van der Waals surface area contributed by atoms with Crippen molar-refractivity contribution in [3.8, 4) is 0 Å². The summed E-state index contributed by atoms with van der Waals surface area (Å²) in [6.07, 6.45) is -3.31. The largest absolute Gasteiger partial charge is 0.391 e. The average Bonchev–Trinajstić information content (AvgIpc) is 2.86. The Morgan fingerprint density at radius 3 is 2.62 bits per heavy atom. The zero-order valence-corrected chi connectivity index (χ0v) is 12.7. The lowest BCUT2D eigenvalue weighted by atomic mass is 9.80. The molecule has 8 heteroatoms. The van der Waals surface area contributed by atoms with Gasteiger partial charge in [-0.15, -0.1) is 10.2 Å². The molecule has 118 valence electrons. The Labute approximate surface area is 125 Å². The Hall–Kier alpha value is -1.18. The van der Waals surface area contributed by atoms with Gasteiger partial charge in [0.25, 0.3) is 0 Å². The highest BCUT2D eigenvalue weighted by Gasteiger charge is 2.43. The lowest BCUT2D eigenvalue weighted by molar-refractivity contribution is -0.185. The Morgan fingerprint density at radius 1 is 1.33 bits per heavy atom. The van der Waals surface area contributed by atoms with E-state index in [2.05, 4.69) is 15.5 Å². The molecule has 1 aromatic rings. The maximum Gasteiger partial charge on any atom is 0.391 e. The number of hydrogen-bond acceptors (Lipinski definition) is 4. The normalized spacial score (nSPS) is 23.3. The molecule has 0 aromatic carbocycles. The monoisotopic (exact) mass is 321 g/mol. The predicted octanol–water partition coefficient (Wildman–Crippen LogP) is 3.97. The summed E-state index contributed by atoms with van der Waals surface area (Å²) in [5.41, 5.74) is 0. The fourth-order valence-corrected chi connectivity index (χ4v) is 3.20. The summed E-state index contributed by atoms with van der Waals surface area (Å²) in [4.78, 5) is 12.1. The first-order valence-corrected chi connectivity index (χ1v) is 7.80. The molecule has 0 aliphatic heterocycles. The summed E-state index contributed by atoms with van der Waals surface area (Å²) >= 11 is 1.26. The average molecular weight is 321 g/mol. The summed E-state index contributed by atoms with van der Waals surface area (Å²) in [7, 11) is 0. The van der Waals surface area contributed by atoms with E-state index in [4.69, 9.17) is 0 Å². The molecule has 0 radical (unpaired) electrons. The quantitative estimate of drug-likeness (QED) is 0.916. The van der Waals surface area contributed by atoms with Gasteiger partial charge in [-0.3, -0.25) is 4.79 Å². The van der Waals surface area contributed by atoms with Crippen molar-refractivity contribution in [3.05, 3.63) is 5.01 Å². The SMILES string of the molecule is CC(C)c1nnc(NC(=O)[C@@H]2CCC[C@H](C(F)(F)F)C2)s1. The topological polar surface area (TPSA) is 54.9 Å². The number of carbonyl (C=O) groups is 1. The highest BCUT2D eigenvalue weighted by atomic mass is 32.1. The van der Waals surface area contributed by atoms with Crippen LogP contribution in [-0.2, 0) is 4.79 Å². The number of carbonyl (C=O) groups excluding carboxylic acids is 1. The molecule has 0 saturated heterocycles. The molecule has 1 aliphatic rings. The first-order chi connectivity index (χ1) is 9.77. The number of anilines is 1. The zero-order chi connectivity index (χ0) is 15.6. The maximum atomic E-state index is 12.7. The summed E-state index contributed by atoms with van der Waals surface area (Å²) in [5.74, 6) is -2.15. The van der Waals surface area contributed by atoms with Crippen LogP contribution in [0.2, 0.25) is 0 Å². The molecule has 0 bridgehead atoms. The van der Waals surface area contributed by atoms with E-state index in [0.717, 1.165) is 5.01 Å². The fourth-order valence-electron chi connectivity index (χ4n) is 2.45. The molecule has 4 nitrogen and oxygen atoms in total. The van der Waals surface area contributed by atoms with Crippen molar-refractivity contribution in [2.75, 3.05) is 5.32 Å². The van der Waals surface area contributed by atoms with Crippen LogP contribution in [0.25, 0.3) is 0 Å². The van der Waals surface area contributed by atoms with Crippen molar-refractivity contribution in [3.63, 3.8) is 0 Å². The Bertz CT molecular complexity index is 501. The molecule has 1 aliphatic carbocycles. The van der Waals surface area contributed by atoms with E-state index in [-0.39, 0.29) is 24.7 Å². The third-order valence-corrected chi connectivity index (χ3v) is 4.81. The van der Waals surface area contributed by atoms with E-state index in [0.29, 0.717) is 18.0 Å². The van der Waals surface area contributed by atoms with Gasteiger partial charge in [0.05, 0.1) is 5.92 Å². The van der Waals surface area contributed by atoms with E-state index >= 15 is 0 Å². The van der Waals surface area contributed by atoms with Crippen LogP contribution >= 0.6 is 11.3 Å². The van der Waals surface area contributed by atoms with Crippen LogP contribution in [0.5, 0.6) is 0 Å². The lowest BCUT2D eigenvalue weighted by Crippen LogP contribution is -2.34. The second kappa shape index (κ2) is 6.29. The first kappa shape index (κ1) is 16.2. The predicted molar refractivity (Wildman–Crippen MR) is 74.1 cm³/mol. The number of rotatable bonds is 3. The van der Waals surface area contributed by atoms with Crippen LogP contribution < -0.4 is 5.32 Å². The van der Waals surface area contributed by atoms with Gasteiger partial charge in [-0.05, 0) is 19.3 Å². The van der Waals surface area contributed by atoms with Crippen LogP contribution in [0.3, 0.4) is 0 Å². The number of halogens is 3. The maximum absolute atomic E-state index is 12.7. The van der Waals surface area contributed by atoms with E-state index in [1.54, 1.807) is 0 Å². The van der Waals surface area contributed by atoms with Crippen molar-refractivity contribution in [1.29, 1.82) is 0 Å². The zero-order valence-electron chi connectivity index (χ0n) is 11.9. The molecule has 0 unspecified atom stereocenters. The molecule has 2 rings (SSSR count). The second-order valence-corrected chi connectivity index (χ2v) is 6.70. The lowest BCUT2D eigenvalue weighted by Gasteiger charge is -2.29. The molecular formula is C13H18F3N3OS. The third-order valence-electron chi connectivity index (χ3n) is 3.67. The Balaban J connectivity index is 1.96. The fraction of sp³-hybridized carbons (Fsp3) is 0.769. The van der Waals surface area contributed by atoms with Crippen LogP contribution in [0.15, 0.2) is 0 Å². The number of amides is 1. The van der Waals surface area contributed by atoms with E-state index in [9.17, 15) is 18.0 Å². The summed E-state index contributed by atoms with van der Waals surface area (Å²) in [5, 5.41) is 11.5. The molecule has 2 atom stereocenters. The van der Waals surface area contributed by atoms with E-state index in [1.807, 2.05) is 13.8 Å². The summed E-state index contributed by atoms with van der Waals surface area (Å²) in [6.45, 7) is 3.92. The van der Waals surface area contributed by atoms with Gasteiger partial charge in [0.1, 0.15) is 5.01 Å². The second-order valence-electron chi connectivity index (χ2n) is 5.69. The highest BCUT2D eigenvalue weighted by molar-refractivity contribution is 7.15. The van der Waals surface area contributed by atoms with Crippen molar-refractivity contribution < 1.29 is 18.0 Å². The van der Waals surface area contributed by atoms with Gasteiger partial charge in [-0.1, -0.05) is 31.6 Å². The summed E-state index contributed by atoms with van der Waals surface area (Å²) in [6, 6.07) is 0. The van der Waals surface area contributed by atoms with Gasteiger partial charge in [0.2, 0.25) is 11.0 Å². The van der Waals surface area contributed by atoms with Gasteiger partial charge in [0.15, 0.2) is 0 Å². The summed E-state index contributed by atoms with van der Waals surface area (Å²) < 4.78 is 38.2. The molecule has 1 amide bonds. The Kier molecular flexibility index (Phi) is 4.85. The minimum atomic E-state index is -4.22. The number of alkyl halides is 3. The minimum Gasteiger partial charge on any atom is -0.300 e. The van der Waals surface area contributed by atoms with E-state index < -0.39 is 18.0 Å². The molecule has 0 spiro atoms. The number of nitrogens with one attached hydrogen (secondary N) is 1. The van der Waals surface area contributed by atoms with Crippen LogP contribution in [-0.4, -0.2) is 22.3 Å². The number of aromatic nitrogens is 2. The Morgan fingerprint density at radius 2 is 2.05 bits per heavy atom. The molecular weight excluding hydrogens is 303 g/mol. The third kappa shape index (κ3) is 4.15. The van der Waals surface area contributed by atoms with Crippen LogP contribution in [0.1, 0.15) is 50.5 Å². The standard InChI is InChI=1S/C13H18F3N3OS/c1-7(2)11-18-19-12(21-11)17-10(20)8-4-3-5-9(6-8)13(14,15)16/h7-9H,3-6H2,1-2H3,(H,17,19,20)/t8-,9+/m1/s1. The van der Waals surface area contributed by atoms with Crippen molar-refractivity contribution in [2.45, 2.75) is 51.6 Å². The van der Waals surface area contributed by atoms with Crippen molar-refractivity contribution in [1.82, 2.24) is 10.2 Å². The number of hydrogen-bond donors (Lipinski definition) is 1. The molecule has 1 saturated carbocycles. The molecule has 21 heavy (non-hydrogen) atoms. The minimum absolute atomic E-state index is 0.115. The van der Waals surface area contributed by atoms with Crippen LogP contribution in [0.4, 0.5) is 18.3 Å². The molecule has 1 aromatic heterocycles. The molecule has 1 fully saturated rings. The van der Waals surface area contributed by atoms with Gasteiger partial charge in [0, 0.05) is 11.8 Å². The van der Waals surface area contributed by atoms with Gasteiger partial charge in [-0.2, -0.15) is 13.2 Å². The van der Waals surface area contributed by atoms with Crippen molar-refractivity contribution >= 4 is 22.4 Å². The highest BCUT2D eigenvalue weighted by Crippen LogP contribution is 2.40. The molecule has 1 heterocycles. The smallest absolute Gasteiger partial charge is 0.300 e. The molecule has 1 N–H and O–H groups in total. The van der Waals surface area contributed by atoms with Gasteiger partial charge >= 0.3 is 6.18 Å². The van der Waals surface area contributed by atoms with Crippen LogP contribution in [0, 0.1) is 11.8 Å². The van der Waals surface area contributed by atoms with Gasteiger partial charge in [-0.25, -0.2) is 0 Å². The van der Waals surface area contributed by atoms with Gasteiger partial charge < -0.3 is 5.32 Å². The number of nitrogens with zero attached hydrogens (tertiary/aromatic N) is 2. The first-order valence-electron chi connectivity index (χ1n) is 6.98.